The van der Waals surface area contributed by atoms with Gasteiger partial charge in [-0.3, -0.25) is 4.57 Å². The van der Waals surface area contributed by atoms with Crippen LogP contribution < -0.4 is 10.5 Å². The minimum absolute atomic E-state index is 0.0757. The maximum atomic E-state index is 9.15. The van der Waals surface area contributed by atoms with Crippen LogP contribution in [0.3, 0.4) is 0 Å². The minimum atomic E-state index is 0.0757. The van der Waals surface area contributed by atoms with Crippen molar-refractivity contribution in [3.63, 3.8) is 0 Å². The van der Waals surface area contributed by atoms with E-state index in [-0.39, 0.29) is 11.4 Å². The molecule has 20 heavy (non-hydrogen) atoms. The summed E-state index contributed by atoms with van der Waals surface area (Å²) in [4.78, 5) is 3.90. The van der Waals surface area contributed by atoms with Gasteiger partial charge < -0.3 is 10.5 Å². The highest BCUT2D eigenvalue weighted by Gasteiger charge is 2.15. The highest BCUT2D eigenvalue weighted by molar-refractivity contribution is 5.67. The second kappa shape index (κ2) is 5.77. The molecule has 1 aromatic carbocycles. The number of aromatic nitrogens is 2. The summed E-state index contributed by atoms with van der Waals surface area (Å²) in [5.74, 6) is 0.556. The van der Waals surface area contributed by atoms with Gasteiger partial charge in [0.05, 0.1) is 18.0 Å². The molecule has 0 aliphatic heterocycles. The molecule has 1 aromatic heterocycles. The molecule has 0 saturated heterocycles. The summed E-state index contributed by atoms with van der Waals surface area (Å²) < 4.78 is 7.04. The van der Waals surface area contributed by atoms with Crippen molar-refractivity contribution in [2.75, 3.05) is 12.3 Å². The molecule has 100 valence electrons. The number of hydrogen-bond donors (Lipinski definition) is 1. The van der Waals surface area contributed by atoms with Crippen LogP contribution in [0.5, 0.6) is 5.75 Å². The Balaban J connectivity index is 2.52. The van der Waals surface area contributed by atoms with Crippen molar-refractivity contribution < 1.29 is 4.74 Å². The van der Waals surface area contributed by atoms with Gasteiger partial charge in [0.1, 0.15) is 24.2 Å². The smallest absolute Gasteiger partial charge is 0.177 e. The fraction of sp³-hybridized carbons (Fsp3) is 0.214. The standard InChI is InChI=1S/C14H13N5O/c1-2-6-20-13-5-3-4-11(14(13)17)19-9-18-10(7-15)12(19)8-16/h3-5,9H,2,6,17H2,1H3. The van der Waals surface area contributed by atoms with Crippen molar-refractivity contribution in [2.24, 2.45) is 0 Å². The summed E-state index contributed by atoms with van der Waals surface area (Å²) in [7, 11) is 0. The van der Waals surface area contributed by atoms with Crippen LogP contribution >= 0.6 is 0 Å². The highest BCUT2D eigenvalue weighted by Crippen LogP contribution is 2.29. The van der Waals surface area contributed by atoms with Crippen LogP contribution in [0.4, 0.5) is 5.69 Å². The molecule has 6 heteroatoms. The van der Waals surface area contributed by atoms with E-state index < -0.39 is 0 Å². The lowest BCUT2D eigenvalue weighted by Gasteiger charge is -2.12. The van der Waals surface area contributed by atoms with Gasteiger partial charge in [-0.1, -0.05) is 13.0 Å². The zero-order valence-electron chi connectivity index (χ0n) is 11.0. The number of para-hydroxylation sites is 1. The number of nitrogens with two attached hydrogens (primary N) is 1. The summed E-state index contributed by atoms with van der Waals surface area (Å²) in [6.07, 6.45) is 2.28. The van der Waals surface area contributed by atoms with Gasteiger partial charge in [-0.15, -0.1) is 0 Å². The number of imidazole rings is 1. The average molecular weight is 267 g/mol. The molecule has 0 radical (unpaired) electrons. The van der Waals surface area contributed by atoms with Crippen molar-refractivity contribution in [2.45, 2.75) is 13.3 Å². The van der Waals surface area contributed by atoms with Crippen LogP contribution in [0.15, 0.2) is 24.5 Å². The minimum Gasteiger partial charge on any atom is -0.491 e. The molecule has 0 bridgehead atoms. The lowest BCUT2D eigenvalue weighted by Crippen LogP contribution is -2.05. The molecule has 2 rings (SSSR count). The number of ether oxygens (including phenoxy) is 1. The van der Waals surface area contributed by atoms with Gasteiger partial charge >= 0.3 is 0 Å². The molecule has 0 unspecified atom stereocenters. The van der Waals surface area contributed by atoms with Gasteiger partial charge in [-0.2, -0.15) is 10.5 Å². The van der Waals surface area contributed by atoms with Crippen molar-refractivity contribution in [1.82, 2.24) is 9.55 Å². The largest absolute Gasteiger partial charge is 0.491 e. The molecule has 0 spiro atoms. The summed E-state index contributed by atoms with van der Waals surface area (Å²) in [5, 5.41) is 18.1. The molecule has 2 N–H and O–H groups in total. The summed E-state index contributed by atoms with van der Waals surface area (Å²) >= 11 is 0. The lowest BCUT2D eigenvalue weighted by atomic mass is 10.2. The van der Waals surface area contributed by atoms with Crippen molar-refractivity contribution in [3.05, 3.63) is 35.9 Å². The van der Waals surface area contributed by atoms with Crippen molar-refractivity contribution in [3.8, 4) is 23.6 Å². The topological polar surface area (TPSA) is 101 Å². The fourth-order valence-electron chi connectivity index (χ4n) is 1.80. The van der Waals surface area contributed by atoms with E-state index in [0.717, 1.165) is 6.42 Å². The number of hydrogen-bond acceptors (Lipinski definition) is 5. The Hall–Kier alpha value is -2.99. The number of nitriles is 2. The van der Waals surface area contributed by atoms with Crippen LogP contribution in [-0.4, -0.2) is 16.2 Å². The Morgan fingerprint density at radius 2 is 2.15 bits per heavy atom. The van der Waals surface area contributed by atoms with Crippen LogP contribution in [0.1, 0.15) is 24.7 Å². The first kappa shape index (κ1) is 13.4. The first-order chi connectivity index (χ1) is 9.72. The Morgan fingerprint density at radius 3 is 2.80 bits per heavy atom. The number of rotatable bonds is 4. The quantitative estimate of drug-likeness (QED) is 0.853. The maximum Gasteiger partial charge on any atom is 0.177 e. The predicted molar refractivity (Wildman–Crippen MR) is 73.2 cm³/mol. The first-order valence-corrected chi connectivity index (χ1v) is 6.12. The highest BCUT2D eigenvalue weighted by atomic mass is 16.5. The summed E-state index contributed by atoms with van der Waals surface area (Å²) in [6.45, 7) is 2.56. The van der Waals surface area contributed by atoms with Gasteiger partial charge in [0, 0.05) is 0 Å². The van der Waals surface area contributed by atoms with E-state index in [4.69, 9.17) is 21.0 Å². The van der Waals surface area contributed by atoms with Crippen molar-refractivity contribution >= 4 is 5.69 Å². The second-order valence-corrected chi connectivity index (χ2v) is 4.07. The monoisotopic (exact) mass is 267 g/mol. The molecule has 6 nitrogen and oxygen atoms in total. The lowest BCUT2D eigenvalue weighted by molar-refractivity contribution is 0.319. The number of anilines is 1. The number of benzene rings is 1. The molecule has 0 fully saturated rings. The Morgan fingerprint density at radius 1 is 1.35 bits per heavy atom. The maximum absolute atomic E-state index is 9.15. The van der Waals surface area contributed by atoms with Crippen LogP contribution in [0, 0.1) is 22.7 Å². The fourth-order valence-corrected chi connectivity index (χ4v) is 1.80. The first-order valence-electron chi connectivity index (χ1n) is 6.12. The van der Waals surface area contributed by atoms with E-state index in [1.807, 2.05) is 19.1 Å². The van der Waals surface area contributed by atoms with Gasteiger partial charge in [0.25, 0.3) is 0 Å². The van der Waals surface area contributed by atoms with Crippen LogP contribution in [-0.2, 0) is 0 Å². The number of nitrogens with zero attached hydrogens (tertiary/aromatic N) is 4. The molecular formula is C14H13N5O. The Kier molecular flexibility index (Phi) is 3.88. The summed E-state index contributed by atoms with van der Waals surface area (Å²) in [5.41, 5.74) is 7.29. The van der Waals surface area contributed by atoms with Gasteiger partial charge in [-0.05, 0) is 18.6 Å². The molecule has 0 amide bonds. The van der Waals surface area contributed by atoms with E-state index in [9.17, 15) is 0 Å². The predicted octanol–water partition coefficient (Wildman–Crippen LogP) is 1.99. The van der Waals surface area contributed by atoms with E-state index in [1.165, 1.54) is 10.9 Å². The Bertz CT molecular complexity index is 705. The molecule has 2 aromatic rings. The normalized spacial score (nSPS) is 9.75. The average Bonchev–Trinajstić information content (AvgIpc) is 2.88. The third kappa shape index (κ3) is 2.27. The molecule has 1 heterocycles. The molecule has 0 aliphatic rings. The molecule has 0 atom stereocenters. The number of nitrogen functional groups attached to an aromatic ring is 1. The van der Waals surface area contributed by atoms with E-state index >= 15 is 0 Å². The van der Waals surface area contributed by atoms with Gasteiger partial charge in [0.2, 0.25) is 0 Å². The van der Waals surface area contributed by atoms with Crippen LogP contribution in [0.25, 0.3) is 5.69 Å². The SMILES string of the molecule is CCCOc1cccc(-n2cnc(C#N)c2C#N)c1N. The third-order valence-electron chi connectivity index (χ3n) is 2.74. The third-order valence-corrected chi connectivity index (χ3v) is 2.74. The van der Waals surface area contributed by atoms with Gasteiger partial charge in [0.15, 0.2) is 11.4 Å². The zero-order chi connectivity index (χ0) is 14.5. The molecular weight excluding hydrogens is 254 g/mol. The van der Waals surface area contributed by atoms with Crippen molar-refractivity contribution in [1.29, 1.82) is 10.5 Å². The van der Waals surface area contributed by atoms with Gasteiger partial charge in [-0.25, -0.2) is 4.98 Å². The molecule has 0 aliphatic carbocycles. The summed E-state index contributed by atoms with van der Waals surface area (Å²) in [6, 6.07) is 9.14. The van der Waals surface area contributed by atoms with Crippen LogP contribution in [0.2, 0.25) is 0 Å². The van der Waals surface area contributed by atoms with E-state index in [0.29, 0.717) is 23.7 Å². The Labute approximate surface area is 116 Å². The second-order valence-electron chi connectivity index (χ2n) is 4.07. The molecule has 0 saturated carbocycles. The van der Waals surface area contributed by atoms with E-state index in [1.54, 1.807) is 18.2 Å². The zero-order valence-corrected chi connectivity index (χ0v) is 11.0. The van der Waals surface area contributed by atoms with E-state index in [2.05, 4.69) is 4.98 Å².